The third kappa shape index (κ3) is 6.15. The highest BCUT2D eigenvalue weighted by molar-refractivity contribution is 7.92. The first-order valence-electron chi connectivity index (χ1n) is 11.6. The van der Waals surface area contributed by atoms with E-state index in [0.717, 1.165) is 12.0 Å². The van der Waals surface area contributed by atoms with Crippen LogP contribution in [0.25, 0.3) is 0 Å². The van der Waals surface area contributed by atoms with E-state index in [1.54, 1.807) is 53.4 Å². The predicted molar refractivity (Wildman–Crippen MR) is 133 cm³/mol. The Kier molecular flexibility index (Phi) is 8.33. The second-order valence-electron chi connectivity index (χ2n) is 8.78. The molecule has 2 aromatic carbocycles. The number of hydrogen-bond acceptors (Lipinski definition) is 5. The Balaban J connectivity index is 1.58. The number of benzene rings is 2. The van der Waals surface area contributed by atoms with Gasteiger partial charge in [0.25, 0.3) is 15.9 Å². The van der Waals surface area contributed by atoms with Crippen molar-refractivity contribution in [1.29, 1.82) is 0 Å². The zero-order valence-electron chi connectivity index (χ0n) is 20.3. The summed E-state index contributed by atoms with van der Waals surface area (Å²) in [6, 6.07) is 13.5. The molecule has 9 heteroatoms. The average Bonchev–Trinajstić information content (AvgIpc) is 2.83. The van der Waals surface area contributed by atoms with E-state index in [1.807, 2.05) is 20.8 Å². The van der Waals surface area contributed by atoms with Crippen molar-refractivity contribution in [1.82, 2.24) is 15.1 Å². The maximum Gasteiger partial charge on any atom is 0.264 e. The number of anilines is 1. The number of amides is 2. The third-order valence-corrected chi connectivity index (χ3v) is 8.00. The molecule has 2 amide bonds. The molecule has 0 saturated carbocycles. The Morgan fingerprint density at radius 2 is 1.59 bits per heavy atom. The molecule has 0 radical (unpaired) electrons. The highest BCUT2D eigenvalue weighted by Crippen LogP contribution is 2.23. The molecule has 1 unspecified atom stereocenters. The summed E-state index contributed by atoms with van der Waals surface area (Å²) in [6.07, 6.45) is 0.889. The molecule has 1 heterocycles. The molecule has 0 spiro atoms. The van der Waals surface area contributed by atoms with Gasteiger partial charge in [0.15, 0.2) is 0 Å². The Morgan fingerprint density at radius 1 is 1.00 bits per heavy atom. The highest BCUT2D eigenvalue weighted by atomic mass is 32.2. The van der Waals surface area contributed by atoms with E-state index < -0.39 is 10.0 Å². The number of piperazine rings is 1. The van der Waals surface area contributed by atoms with Gasteiger partial charge in [0.05, 0.1) is 17.1 Å². The Hall–Kier alpha value is -2.91. The molecule has 8 nitrogen and oxygen atoms in total. The van der Waals surface area contributed by atoms with Crippen LogP contribution in [0, 0.1) is 6.92 Å². The normalized spacial score (nSPS) is 15.6. The molecular weight excluding hydrogens is 452 g/mol. The van der Waals surface area contributed by atoms with Gasteiger partial charge in [0, 0.05) is 44.8 Å². The van der Waals surface area contributed by atoms with Crippen LogP contribution in [-0.2, 0) is 14.8 Å². The topological polar surface area (TPSA) is 90.0 Å². The quantitative estimate of drug-likeness (QED) is 0.619. The zero-order valence-corrected chi connectivity index (χ0v) is 21.1. The molecule has 0 aliphatic carbocycles. The monoisotopic (exact) mass is 486 g/mol. The lowest BCUT2D eigenvalue weighted by Gasteiger charge is -2.34. The maximum absolute atomic E-state index is 12.9. The highest BCUT2D eigenvalue weighted by Gasteiger charge is 2.25. The van der Waals surface area contributed by atoms with Gasteiger partial charge in [-0.3, -0.25) is 18.8 Å². The van der Waals surface area contributed by atoms with Gasteiger partial charge in [0.1, 0.15) is 0 Å². The molecular formula is C25H34N4O4S. The number of hydrogen-bond donors (Lipinski definition) is 1. The first-order valence-corrected chi connectivity index (χ1v) is 13.0. The van der Waals surface area contributed by atoms with Crippen molar-refractivity contribution < 1.29 is 18.0 Å². The van der Waals surface area contributed by atoms with Gasteiger partial charge in [-0.1, -0.05) is 24.6 Å². The average molecular weight is 487 g/mol. The fourth-order valence-corrected chi connectivity index (χ4v) is 4.93. The second kappa shape index (κ2) is 11.0. The first-order chi connectivity index (χ1) is 16.1. The van der Waals surface area contributed by atoms with E-state index in [4.69, 9.17) is 0 Å². The van der Waals surface area contributed by atoms with Crippen LogP contribution in [0.1, 0.15) is 36.2 Å². The van der Waals surface area contributed by atoms with Crippen LogP contribution in [0.3, 0.4) is 0 Å². The number of nitrogens with one attached hydrogen (secondary N) is 1. The van der Waals surface area contributed by atoms with E-state index in [9.17, 15) is 18.0 Å². The predicted octanol–water partition coefficient (Wildman–Crippen LogP) is 2.49. The summed E-state index contributed by atoms with van der Waals surface area (Å²) in [5.74, 6) is -0.0891. The van der Waals surface area contributed by atoms with Gasteiger partial charge >= 0.3 is 0 Å². The Labute approximate surface area is 202 Å². The molecule has 1 aliphatic heterocycles. The van der Waals surface area contributed by atoms with Crippen LogP contribution in [0.2, 0.25) is 0 Å². The van der Waals surface area contributed by atoms with Crippen LogP contribution in [0.4, 0.5) is 5.69 Å². The van der Waals surface area contributed by atoms with E-state index in [0.29, 0.717) is 44.0 Å². The number of rotatable bonds is 8. The number of nitrogens with zero attached hydrogens (tertiary/aromatic N) is 3. The summed E-state index contributed by atoms with van der Waals surface area (Å²) >= 11 is 0. The van der Waals surface area contributed by atoms with Gasteiger partial charge in [-0.15, -0.1) is 0 Å². The van der Waals surface area contributed by atoms with Crippen LogP contribution in [0.5, 0.6) is 0 Å². The van der Waals surface area contributed by atoms with Crippen molar-refractivity contribution >= 4 is 27.5 Å². The molecule has 0 aromatic heterocycles. The van der Waals surface area contributed by atoms with Gasteiger partial charge in [0.2, 0.25) is 5.91 Å². The SMILES string of the molecule is CCC(C)NC(=O)CN1CCN(C(=O)c2ccc(N(C)S(=O)(=O)c3ccc(C)cc3)cc2)CC1. The molecule has 1 N–H and O–H groups in total. The van der Waals surface area contributed by atoms with Crippen molar-refractivity contribution in [3.8, 4) is 0 Å². The fraction of sp³-hybridized carbons (Fsp3) is 0.440. The second-order valence-corrected chi connectivity index (χ2v) is 10.7. The van der Waals surface area contributed by atoms with Crippen molar-refractivity contribution in [2.24, 2.45) is 0 Å². The number of carbonyl (C=O) groups is 2. The zero-order chi connectivity index (χ0) is 24.9. The van der Waals surface area contributed by atoms with Crippen molar-refractivity contribution in [3.05, 3.63) is 59.7 Å². The van der Waals surface area contributed by atoms with Crippen LogP contribution < -0.4 is 9.62 Å². The van der Waals surface area contributed by atoms with Crippen molar-refractivity contribution in [2.75, 3.05) is 44.1 Å². The smallest absolute Gasteiger partial charge is 0.264 e. The summed E-state index contributed by atoms with van der Waals surface area (Å²) in [5, 5.41) is 2.97. The van der Waals surface area contributed by atoms with Crippen LogP contribution in [0.15, 0.2) is 53.4 Å². The summed E-state index contributed by atoms with van der Waals surface area (Å²) in [5.41, 5.74) is 1.97. The number of carbonyl (C=O) groups excluding carboxylic acids is 2. The number of aryl methyl sites for hydroxylation is 1. The summed E-state index contributed by atoms with van der Waals surface area (Å²) in [7, 11) is -2.19. The standard InChI is InChI=1S/C25H34N4O4S/c1-5-20(3)26-24(30)18-28-14-16-29(17-15-28)25(31)21-8-10-22(11-9-21)27(4)34(32,33)23-12-6-19(2)7-13-23/h6-13,20H,5,14-18H2,1-4H3,(H,26,30). The number of sulfonamides is 1. The van der Waals surface area contributed by atoms with Gasteiger partial charge in [-0.05, 0) is 56.7 Å². The molecule has 1 saturated heterocycles. The van der Waals surface area contributed by atoms with E-state index in [2.05, 4.69) is 10.2 Å². The molecule has 2 aromatic rings. The van der Waals surface area contributed by atoms with Crippen LogP contribution >= 0.6 is 0 Å². The molecule has 1 fully saturated rings. The molecule has 184 valence electrons. The largest absolute Gasteiger partial charge is 0.353 e. The minimum Gasteiger partial charge on any atom is -0.353 e. The minimum atomic E-state index is -3.69. The summed E-state index contributed by atoms with van der Waals surface area (Å²) in [6.45, 7) is 8.60. The lowest BCUT2D eigenvalue weighted by molar-refractivity contribution is -0.123. The van der Waals surface area contributed by atoms with Gasteiger partial charge in [-0.25, -0.2) is 8.42 Å². The molecule has 3 rings (SSSR count). The summed E-state index contributed by atoms with van der Waals surface area (Å²) < 4.78 is 27.0. The van der Waals surface area contributed by atoms with E-state index in [1.165, 1.54) is 11.4 Å². The van der Waals surface area contributed by atoms with Gasteiger partial charge in [-0.2, -0.15) is 0 Å². The maximum atomic E-state index is 12.9. The van der Waals surface area contributed by atoms with Crippen molar-refractivity contribution in [2.45, 2.75) is 38.1 Å². The minimum absolute atomic E-state index is 0.00873. The van der Waals surface area contributed by atoms with Crippen molar-refractivity contribution in [3.63, 3.8) is 0 Å². The lowest BCUT2D eigenvalue weighted by atomic mass is 10.1. The third-order valence-electron chi connectivity index (χ3n) is 6.20. The van der Waals surface area contributed by atoms with E-state index in [-0.39, 0.29) is 22.8 Å². The fourth-order valence-electron chi connectivity index (χ4n) is 3.74. The lowest BCUT2D eigenvalue weighted by Crippen LogP contribution is -2.51. The summed E-state index contributed by atoms with van der Waals surface area (Å²) in [4.78, 5) is 29.1. The molecule has 1 aliphatic rings. The first kappa shape index (κ1) is 25.7. The molecule has 1 atom stereocenters. The van der Waals surface area contributed by atoms with E-state index >= 15 is 0 Å². The van der Waals surface area contributed by atoms with Gasteiger partial charge < -0.3 is 10.2 Å². The Bertz CT molecular complexity index is 1090. The Morgan fingerprint density at radius 3 is 2.15 bits per heavy atom. The molecule has 34 heavy (non-hydrogen) atoms. The van der Waals surface area contributed by atoms with Crippen LogP contribution in [-0.4, -0.2) is 75.8 Å². The molecule has 0 bridgehead atoms.